The van der Waals surface area contributed by atoms with E-state index in [0.29, 0.717) is 5.69 Å². The molecule has 2 aromatic rings. The summed E-state index contributed by atoms with van der Waals surface area (Å²) >= 11 is 0. The molecule has 1 aromatic heterocycles. The fourth-order valence-corrected chi connectivity index (χ4v) is 1.37. The molecule has 1 aromatic carbocycles. The molecule has 0 saturated carbocycles. The molecule has 0 fully saturated rings. The van der Waals surface area contributed by atoms with Crippen LogP contribution in [0.15, 0.2) is 41.5 Å². The Morgan fingerprint density at radius 1 is 1.27 bits per heavy atom. The molecule has 3 heteroatoms. The Morgan fingerprint density at radius 2 is 2.13 bits per heavy atom. The average Bonchev–Trinajstić information content (AvgIpc) is 2.70. The first-order valence-corrected chi connectivity index (χ1v) is 4.73. The third-order valence-corrected chi connectivity index (χ3v) is 2.17. The number of aromatic hydroxyl groups is 1. The van der Waals surface area contributed by atoms with Gasteiger partial charge in [-0.3, -0.25) is 4.99 Å². The molecule has 0 aliphatic rings. The zero-order valence-corrected chi connectivity index (χ0v) is 8.44. The highest BCUT2D eigenvalue weighted by atomic mass is 16.3. The molecule has 1 heterocycles. The van der Waals surface area contributed by atoms with Gasteiger partial charge >= 0.3 is 0 Å². The molecule has 3 nitrogen and oxygen atoms in total. The molecule has 0 saturated heterocycles. The van der Waals surface area contributed by atoms with Crippen LogP contribution in [-0.2, 0) is 0 Å². The van der Waals surface area contributed by atoms with E-state index < -0.39 is 0 Å². The van der Waals surface area contributed by atoms with Gasteiger partial charge in [0.25, 0.3) is 0 Å². The second-order valence-electron chi connectivity index (χ2n) is 3.33. The van der Waals surface area contributed by atoms with Gasteiger partial charge in [-0.15, -0.1) is 0 Å². The van der Waals surface area contributed by atoms with Crippen molar-refractivity contribution in [1.82, 2.24) is 4.98 Å². The van der Waals surface area contributed by atoms with Crippen LogP contribution in [0.4, 0.5) is 5.69 Å². The van der Waals surface area contributed by atoms with Gasteiger partial charge in [-0.1, -0.05) is 12.1 Å². The third kappa shape index (κ3) is 2.07. The van der Waals surface area contributed by atoms with Crippen molar-refractivity contribution in [3.8, 4) is 5.75 Å². The summed E-state index contributed by atoms with van der Waals surface area (Å²) in [6.45, 7) is 1.92. The van der Waals surface area contributed by atoms with Gasteiger partial charge in [-0.25, -0.2) is 0 Å². The monoisotopic (exact) mass is 200 g/mol. The number of benzene rings is 1. The minimum atomic E-state index is 0.206. The first kappa shape index (κ1) is 9.52. The quantitative estimate of drug-likeness (QED) is 0.719. The molecule has 0 amide bonds. The summed E-state index contributed by atoms with van der Waals surface area (Å²) in [5.41, 5.74) is 2.49. The maximum absolute atomic E-state index is 9.60. The Kier molecular flexibility index (Phi) is 2.54. The molecular formula is C12H12N2O. The fraction of sp³-hybridized carbons (Fsp3) is 0.0833. The lowest BCUT2D eigenvalue weighted by atomic mass is 10.2. The highest BCUT2D eigenvalue weighted by Crippen LogP contribution is 2.29. The molecule has 76 valence electrons. The number of aromatic nitrogens is 1. The minimum Gasteiger partial charge on any atom is -0.506 e. The molecule has 0 radical (unpaired) electrons. The second kappa shape index (κ2) is 4.00. The van der Waals surface area contributed by atoms with E-state index in [1.807, 2.05) is 31.3 Å². The number of rotatable bonds is 2. The van der Waals surface area contributed by atoms with E-state index in [9.17, 15) is 5.11 Å². The predicted octanol–water partition coefficient (Wildman–Crippen LogP) is 2.78. The van der Waals surface area contributed by atoms with Crippen LogP contribution in [0.3, 0.4) is 0 Å². The Hall–Kier alpha value is -2.03. The van der Waals surface area contributed by atoms with Crippen molar-refractivity contribution in [2.45, 2.75) is 6.92 Å². The predicted molar refractivity (Wildman–Crippen MR) is 60.9 cm³/mol. The van der Waals surface area contributed by atoms with Crippen molar-refractivity contribution in [3.05, 3.63) is 47.8 Å². The van der Waals surface area contributed by atoms with Crippen LogP contribution in [0.1, 0.15) is 11.3 Å². The number of aromatic amines is 1. The fourth-order valence-electron chi connectivity index (χ4n) is 1.37. The number of hydrogen-bond donors (Lipinski definition) is 2. The van der Waals surface area contributed by atoms with Crippen molar-refractivity contribution in [3.63, 3.8) is 0 Å². The zero-order chi connectivity index (χ0) is 10.7. The van der Waals surface area contributed by atoms with Gasteiger partial charge < -0.3 is 10.1 Å². The van der Waals surface area contributed by atoms with Crippen LogP contribution in [0.5, 0.6) is 5.75 Å². The van der Waals surface area contributed by atoms with Crippen molar-refractivity contribution >= 4 is 11.9 Å². The van der Waals surface area contributed by atoms with Crippen LogP contribution in [0.2, 0.25) is 0 Å². The maximum Gasteiger partial charge on any atom is 0.141 e. The molecule has 0 spiro atoms. The van der Waals surface area contributed by atoms with Gasteiger partial charge in [0.15, 0.2) is 0 Å². The van der Waals surface area contributed by atoms with Crippen LogP contribution in [0.25, 0.3) is 0 Å². The minimum absolute atomic E-state index is 0.206. The molecule has 0 bridgehead atoms. The average molecular weight is 200 g/mol. The number of nitrogens with one attached hydrogen (secondary N) is 1. The number of aliphatic imine (C=N–C) groups is 1. The molecule has 0 atom stereocenters. The van der Waals surface area contributed by atoms with E-state index in [1.165, 1.54) is 0 Å². The molecule has 2 rings (SSSR count). The molecule has 15 heavy (non-hydrogen) atoms. The van der Waals surface area contributed by atoms with Crippen molar-refractivity contribution < 1.29 is 5.11 Å². The summed E-state index contributed by atoms with van der Waals surface area (Å²) in [4.78, 5) is 7.26. The Bertz CT molecular complexity index is 452. The first-order chi connectivity index (χ1) is 7.27. The normalized spacial score (nSPS) is 11.0. The lowest BCUT2D eigenvalue weighted by molar-refractivity contribution is 0.476. The topological polar surface area (TPSA) is 48.4 Å². The van der Waals surface area contributed by atoms with Crippen LogP contribution < -0.4 is 0 Å². The van der Waals surface area contributed by atoms with Gasteiger partial charge in [-0.05, 0) is 30.7 Å². The Labute approximate surface area is 88.1 Å². The number of H-pyrrole nitrogens is 1. The summed E-state index contributed by atoms with van der Waals surface area (Å²) in [5, 5.41) is 9.60. The van der Waals surface area contributed by atoms with E-state index in [2.05, 4.69) is 9.98 Å². The van der Waals surface area contributed by atoms with E-state index in [0.717, 1.165) is 11.3 Å². The first-order valence-electron chi connectivity index (χ1n) is 4.73. The summed E-state index contributed by atoms with van der Waals surface area (Å²) in [7, 11) is 0. The second-order valence-corrected chi connectivity index (χ2v) is 3.33. The van der Waals surface area contributed by atoms with Crippen molar-refractivity contribution in [2.24, 2.45) is 4.99 Å². The SMILES string of the molecule is Cc1cccc(O)c1N=Cc1ccc[nH]1. The third-order valence-electron chi connectivity index (χ3n) is 2.17. The Morgan fingerprint density at radius 3 is 2.80 bits per heavy atom. The summed E-state index contributed by atoms with van der Waals surface area (Å²) in [5.74, 6) is 0.206. The largest absolute Gasteiger partial charge is 0.506 e. The van der Waals surface area contributed by atoms with Crippen molar-refractivity contribution in [2.75, 3.05) is 0 Å². The maximum atomic E-state index is 9.60. The summed E-state index contributed by atoms with van der Waals surface area (Å²) < 4.78 is 0. The van der Waals surface area contributed by atoms with Gasteiger partial charge in [0.1, 0.15) is 11.4 Å². The zero-order valence-electron chi connectivity index (χ0n) is 8.44. The lowest BCUT2D eigenvalue weighted by Gasteiger charge is -2.01. The summed E-state index contributed by atoms with van der Waals surface area (Å²) in [6, 6.07) is 9.17. The number of para-hydroxylation sites is 1. The number of hydrogen-bond acceptors (Lipinski definition) is 2. The highest BCUT2D eigenvalue weighted by molar-refractivity contribution is 5.81. The Balaban J connectivity index is 2.32. The number of phenols is 1. The van der Waals surface area contributed by atoms with E-state index in [1.54, 1.807) is 18.3 Å². The highest BCUT2D eigenvalue weighted by Gasteiger charge is 2.00. The van der Waals surface area contributed by atoms with Crippen LogP contribution in [-0.4, -0.2) is 16.3 Å². The van der Waals surface area contributed by atoms with Crippen molar-refractivity contribution in [1.29, 1.82) is 0 Å². The molecule has 0 aliphatic carbocycles. The smallest absolute Gasteiger partial charge is 0.141 e. The van der Waals surface area contributed by atoms with Crippen LogP contribution in [0, 0.1) is 6.92 Å². The van der Waals surface area contributed by atoms with E-state index in [4.69, 9.17) is 0 Å². The molecule has 0 aliphatic heterocycles. The number of aryl methyl sites for hydroxylation is 1. The van der Waals surface area contributed by atoms with E-state index in [-0.39, 0.29) is 5.75 Å². The molecule has 0 unspecified atom stereocenters. The van der Waals surface area contributed by atoms with Gasteiger partial charge in [0.05, 0.1) is 11.9 Å². The van der Waals surface area contributed by atoms with Gasteiger partial charge in [0.2, 0.25) is 0 Å². The van der Waals surface area contributed by atoms with Gasteiger partial charge in [-0.2, -0.15) is 0 Å². The van der Waals surface area contributed by atoms with Crippen LogP contribution >= 0.6 is 0 Å². The standard InChI is InChI=1S/C12H12N2O/c1-9-4-2-6-11(15)12(9)14-8-10-5-3-7-13-10/h2-8,13,15H,1H3. The van der Waals surface area contributed by atoms with Gasteiger partial charge in [0, 0.05) is 6.20 Å². The molecular weight excluding hydrogens is 188 g/mol. The lowest BCUT2D eigenvalue weighted by Crippen LogP contribution is -1.80. The summed E-state index contributed by atoms with van der Waals surface area (Å²) in [6.07, 6.45) is 3.53. The van der Waals surface area contributed by atoms with E-state index >= 15 is 0 Å². The molecule has 2 N–H and O–H groups in total. The number of phenolic OH excluding ortho intramolecular Hbond substituents is 1. The number of nitrogens with zero attached hydrogens (tertiary/aromatic N) is 1.